The Hall–Kier alpha value is -1.70. The van der Waals surface area contributed by atoms with Gasteiger partial charge in [0.25, 0.3) is 10.0 Å². The van der Waals surface area contributed by atoms with Crippen LogP contribution in [-0.2, 0) is 23.1 Å². The van der Waals surface area contributed by atoms with Crippen molar-refractivity contribution < 1.29 is 8.42 Å². The van der Waals surface area contributed by atoms with E-state index >= 15 is 0 Å². The van der Waals surface area contributed by atoms with Crippen LogP contribution in [0.3, 0.4) is 0 Å². The Kier molecular flexibility index (Phi) is 3.98. The molecule has 0 saturated carbocycles. The number of H-pyrrole nitrogens is 1. The second kappa shape index (κ2) is 5.52. The van der Waals surface area contributed by atoms with E-state index in [-0.39, 0.29) is 18.1 Å². The first-order chi connectivity index (χ1) is 9.03. The Labute approximate surface area is 112 Å². The Morgan fingerprint density at radius 1 is 1.42 bits per heavy atom. The molecule has 0 aliphatic rings. The monoisotopic (exact) mass is 280 g/mol. The van der Waals surface area contributed by atoms with Crippen LogP contribution in [-0.4, -0.2) is 18.6 Å². The number of nitrogens with two attached hydrogens (primary N) is 1. The molecule has 0 radical (unpaired) electrons. The number of hydrogen-bond donors (Lipinski definition) is 3. The van der Waals surface area contributed by atoms with E-state index < -0.39 is 10.0 Å². The summed E-state index contributed by atoms with van der Waals surface area (Å²) >= 11 is 0. The lowest BCUT2D eigenvalue weighted by atomic mass is 10.1. The van der Waals surface area contributed by atoms with Gasteiger partial charge in [-0.05, 0) is 12.5 Å². The van der Waals surface area contributed by atoms with Gasteiger partial charge >= 0.3 is 0 Å². The highest BCUT2D eigenvalue weighted by atomic mass is 32.2. The molecule has 0 bridgehead atoms. The summed E-state index contributed by atoms with van der Waals surface area (Å²) in [5.74, 6) is 0. The van der Waals surface area contributed by atoms with E-state index in [4.69, 9.17) is 5.73 Å². The van der Waals surface area contributed by atoms with Gasteiger partial charge in [-0.15, -0.1) is 0 Å². The zero-order valence-corrected chi connectivity index (χ0v) is 11.4. The minimum absolute atomic E-state index is 0.0302. The molecule has 4 N–H and O–H groups in total. The second-order valence-corrected chi connectivity index (χ2v) is 5.95. The molecule has 102 valence electrons. The predicted molar refractivity (Wildman–Crippen MR) is 71.7 cm³/mol. The standard InChI is InChI=1S/C12H16N4O2S/c1-9-3-2-4-10(5-9)7-15-19(17,18)12-11(6-13)8-14-16-12/h2-5,8,15H,6-7,13H2,1H3,(H,14,16). The first kappa shape index (κ1) is 13.7. The number of hydrogen-bond acceptors (Lipinski definition) is 4. The van der Waals surface area contributed by atoms with Crippen molar-refractivity contribution >= 4 is 10.0 Å². The van der Waals surface area contributed by atoms with E-state index in [9.17, 15) is 8.42 Å². The maximum atomic E-state index is 12.1. The molecule has 0 spiro atoms. The highest BCUT2D eigenvalue weighted by Crippen LogP contribution is 2.12. The van der Waals surface area contributed by atoms with E-state index in [1.165, 1.54) is 6.20 Å². The molecule has 1 heterocycles. The predicted octanol–water partition coefficient (Wildman–Crippen LogP) is 0.655. The molecule has 0 saturated heterocycles. The number of aromatic nitrogens is 2. The lowest BCUT2D eigenvalue weighted by Gasteiger charge is -2.07. The smallest absolute Gasteiger partial charge is 0.258 e. The van der Waals surface area contributed by atoms with Crippen molar-refractivity contribution in [3.63, 3.8) is 0 Å². The number of rotatable bonds is 5. The highest BCUT2D eigenvalue weighted by molar-refractivity contribution is 7.89. The molecule has 1 aromatic carbocycles. The zero-order chi connectivity index (χ0) is 13.9. The van der Waals surface area contributed by atoms with Gasteiger partial charge in [0.1, 0.15) is 0 Å². The molecule has 0 aliphatic heterocycles. The number of sulfonamides is 1. The third kappa shape index (κ3) is 3.19. The first-order valence-electron chi connectivity index (χ1n) is 5.80. The molecule has 0 fully saturated rings. The summed E-state index contributed by atoms with van der Waals surface area (Å²) in [6, 6.07) is 7.64. The number of nitrogens with zero attached hydrogens (tertiary/aromatic N) is 1. The van der Waals surface area contributed by atoms with Crippen LogP contribution in [0.4, 0.5) is 0 Å². The molecular formula is C12H16N4O2S. The molecular weight excluding hydrogens is 264 g/mol. The fourth-order valence-electron chi connectivity index (χ4n) is 1.75. The molecule has 2 aromatic rings. The average molecular weight is 280 g/mol. The molecule has 6 nitrogen and oxygen atoms in total. The van der Waals surface area contributed by atoms with Crippen LogP contribution >= 0.6 is 0 Å². The SMILES string of the molecule is Cc1cccc(CNS(=O)(=O)c2[nH]ncc2CN)c1. The molecule has 0 unspecified atom stereocenters. The van der Waals surface area contributed by atoms with Crippen LogP contribution in [0.25, 0.3) is 0 Å². The Bertz CT molecular complexity index is 664. The number of aryl methyl sites for hydroxylation is 1. The summed E-state index contributed by atoms with van der Waals surface area (Å²) in [4.78, 5) is 0. The van der Waals surface area contributed by atoms with Crippen molar-refractivity contribution in [2.24, 2.45) is 5.73 Å². The van der Waals surface area contributed by atoms with Gasteiger partial charge in [0.05, 0.1) is 6.20 Å². The van der Waals surface area contributed by atoms with Crippen molar-refractivity contribution in [2.45, 2.75) is 25.0 Å². The molecule has 19 heavy (non-hydrogen) atoms. The topological polar surface area (TPSA) is 101 Å². The summed E-state index contributed by atoms with van der Waals surface area (Å²) in [7, 11) is -3.62. The van der Waals surface area contributed by atoms with Crippen LogP contribution in [0.2, 0.25) is 0 Å². The number of benzene rings is 1. The summed E-state index contributed by atoms with van der Waals surface area (Å²) in [6.45, 7) is 2.31. The van der Waals surface area contributed by atoms with Gasteiger partial charge in [-0.3, -0.25) is 5.10 Å². The van der Waals surface area contributed by atoms with E-state index in [0.29, 0.717) is 5.56 Å². The quantitative estimate of drug-likeness (QED) is 0.748. The molecule has 0 amide bonds. The van der Waals surface area contributed by atoms with Gasteiger partial charge in [-0.2, -0.15) is 5.10 Å². The third-order valence-corrected chi connectivity index (χ3v) is 4.13. The second-order valence-electron chi connectivity index (χ2n) is 4.24. The Morgan fingerprint density at radius 3 is 2.89 bits per heavy atom. The largest absolute Gasteiger partial charge is 0.326 e. The molecule has 0 aliphatic carbocycles. The molecule has 7 heteroatoms. The minimum atomic E-state index is -3.62. The van der Waals surface area contributed by atoms with Crippen LogP contribution in [0, 0.1) is 6.92 Å². The summed E-state index contributed by atoms with van der Waals surface area (Å²) in [5, 5.41) is 6.20. The van der Waals surface area contributed by atoms with Crippen molar-refractivity contribution in [1.82, 2.24) is 14.9 Å². The fourth-order valence-corrected chi connectivity index (χ4v) is 2.91. The van der Waals surface area contributed by atoms with Crippen molar-refractivity contribution in [3.05, 3.63) is 47.2 Å². The van der Waals surface area contributed by atoms with Gasteiger partial charge in [0.2, 0.25) is 0 Å². The molecule has 0 atom stereocenters. The summed E-state index contributed by atoms with van der Waals surface area (Å²) in [6.07, 6.45) is 1.42. The van der Waals surface area contributed by atoms with Crippen LogP contribution in [0.1, 0.15) is 16.7 Å². The van der Waals surface area contributed by atoms with Crippen molar-refractivity contribution in [3.8, 4) is 0 Å². The average Bonchev–Trinajstić information content (AvgIpc) is 2.86. The van der Waals surface area contributed by atoms with Crippen LogP contribution in [0.15, 0.2) is 35.5 Å². The zero-order valence-electron chi connectivity index (χ0n) is 10.6. The normalized spacial score (nSPS) is 11.7. The maximum Gasteiger partial charge on any atom is 0.258 e. The van der Waals surface area contributed by atoms with Crippen molar-refractivity contribution in [2.75, 3.05) is 0 Å². The minimum Gasteiger partial charge on any atom is -0.326 e. The van der Waals surface area contributed by atoms with Gasteiger partial charge < -0.3 is 5.73 Å². The van der Waals surface area contributed by atoms with Crippen LogP contribution in [0.5, 0.6) is 0 Å². The lowest BCUT2D eigenvalue weighted by Crippen LogP contribution is -2.25. The van der Waals surface area contributed by atoms with Crippen molar-refractivity contribution in [1.29, 1.82) is 0 Å². The van der Waals surface area contributed by atoms with Gasteiger partial charge in [0.15, 0.2) is 5.03 Å². The van der Waals surface area contributed by atoms with Crippen LogP contribution < -0.4 is 10.5 Å². The number of nitrogens with one attached hydrogen (secondary N) is 2. The third-order valence-electron chi connectivity index (χ3n) is 2.72. The maximum absolute atomic E-state index is 12.1. The fraction of sp³-hybridized carbons (Fsp3) is 0.250. The van der Waals surface area contributed by atoms with E-state index in [1.54, 1.807) is 0 Å². The lowest BCUT2D eigenvalue weighted by molar-refractivity contribution is 0.575. The summed E-state index contributed by atoms with van der Waals surface area (Å²) < 4.78 is 26.7. The first-order valence-corrected chi connectivity index (χ1v) is 7.29. The Morgan fingerprint density at radius 2 is 2.21 bits per heavy atom. The van der Waals surface area contributed by atoms with E-state index in [1.807, 2.05) is 31.2 Å². The highest BCUT2D eigenvalue weighted by Gasteiger charge is 2.19. The van der Waals surface area contributed by atoms with Gasteiger partial charge in [-0.25, -0.2) is 13.1 Å². The van der Waals surface area contributed by atoms with E-state index in [0.717, 1.165) is 11.1 Å². The molecule has 2 rings (SSSR count). The van der Waals surface area contributed by atoms with Gasteiger partial charge in [0, 0.05) is 18.7 Å². The summed E-state index contributed by atoms with van der Waals surface area (Å²) in [5.41, 5.74) is 7.92. The number of aromatic amines is 1. The van der Waals surface area contributed by atoms with E-state index in [2.05, 4.69) is 14.9 Å². The Balaban J connectivity index is 2.14. The molecule has 1 aromatic heterocycles. The van der Waals surface area contributed by atoms with Gasteiger partial charge in [-0.1, -0.05) is 29.8 Å².